The summed E-state index contributed by atoms with van der Waals surface area (Å²) >= 11 is 0. The quantitative estimate of drug-likeness (QED) is 0.530. The van der Waals surface area contributed by atoms with Crippen molar-refractivity contribution >= 4 is 5.69 Å². The minimum atomic E-state index is -0.638. The molecule has 8 nitrogen and oxygen atoms in total. The normalized spacial score (nSPS) is 20.6. The fourth-order valence-corrected chi connectivity index (χ4v) is 2.04. The number of nitro groups is 1. The van der Waals surface area contributed by atoms with Crippen LogP contribution in [0.15, 0.2) is 12.4 Å². The van der Waals surface area contributed by atoms with Crippen molar-refractivity contribution in [2.45, 2.75) is 31.6 Å². The molecule has 2 rings (SSSR count). The van der Waals surface area contributed by atoms with Gasteiger partial charge in [0.25, 0.3) is 0 Å². The summed E-state index contributed by atoms with van der Waals surface area (Å²) in [5, 5.41) is 27.2. The molecular formula is C11H18N4O4. The largest absolute Gasteiger partial charge is 0.390 e. The molecule has 19 heavy (non-hydrogen) atoms. The molecule has 1 fully saturated rings. The third kappa shape index (κ3) is 4.27. The lowest BCUT2D eigenvalue weighted by molar-refractivity contribution is -0.385. The van der Waals surface area contributed by atoms with E-state index in [1.165, 1.54) is 17.1 Å². The SMILES string of the molecule is O=[N+]([O-])c1cnn(CC(O)CNCC2CCCO2)c1. The molecule has 0 radical (unpaired) electrons. The van der Waals surface area contributed by atoms with Crippen LogP contribution in [0.5, 0.6) is 0 Å². The Bertz CT molecular complexity index is 417. The van der Waals surface area contributed by atoms with Crippen molar-refractivity contribution in [2.24, 2.45) is 0 Å². The zero-order valence-corrected chi connectivity index (χ0v) is 10.6. The molecule has 1 saturated heterocycles. The van der Waals surface area contributed by atoms with E-state index in [4.69, 9.17) is 4.74 Å². The Hall–Kier alpha value is -1.51. The number of nitrogens with one attached hydrogen (secondary N) is 1. The maximum atomic E-state index is 10.5. The molecule has 0 spiro atoms. The van der Waals surface area contributed by atoms with Gasteiger partial charge in [-0.15, -0.1) is 0 Å². The topological polar surface area (TPSA) is 102 Å². The summed E-state index contributed by atoms with van der Waals surface area (Å²) in [4.78, 5) is 9.97. The van der Waals surface area contributed by atoms with Gasteiger partial charge in [0, 0.05) is 19.7 Å². The number of hydrogen-bond acceptors (Lipinski definition) is 6. The lowest BCUT2D eigenvalue weighted by atomic mass is 10.2. The van der Waals surface area contributed by atoms with Crippen LogP contribution in [0.3, 0.4) is 0 Å². The number of aromatic nitrogens is 2. The molecule has 1 aromatic rings. The van der Waals surface area contributed by atoms with Gasteiger partial charge in [-0.25, -0.2) is 0 Å². The Morgan fingerprint density at radius 3 is 3.21 bits per heavy atom. The number of nitrogens with zero attached hydrogens (tertiary/aromatic N) is 3. The van der Waals surface area contributed by atoms with Crippen LogP contribution in [0.2, 0.25) is 0 Å². The average molecular weight is 270 g/mol. The van der Waals surface area contributed by atoms with E-state index >= 15 is 0 Å². The number of ether oxygens (including phenoxy) is 1. The monoisotopic (exact) mass is 270 g/mol. The highest BCUT2D eigenvalue weighted by Crippen LogP contribution is 2.10. The zero-order valence-electron chi connectivity index (χ0n) is 10.6. The average Bonchev–Trinajstić information content (AvgIpc) is 3.00. The first kappa shape index (κ1) is 13.9. The molecule has 106 valence electrons. The van der Waals surface area contributed by atoms with Crippen LogP contribution >= 0.6 is 0 Å². The van der Waals surface area contributed by atoms with E-state index in [-0.39, 0.29) is 18.3 Å². The van der Waals surface area contributed by atoms with E-state index in [2.05, 4.69) is 10.4 Å². The highest BCUT2D eigenvalue weighted by atomic mass is 16.6. The first-order valence-corrected chi connectivity index (χ1v) is 6.32. The van der Waals surface area contributed by atoms with Crippen molar-refractivity contribution in [3.63, 3.8) is 0 Å². The van der Waals surface area contributed by atoms with Crippen molar-refractivity contribution in [1.82, 2.24) is 15.1 Å². The maximum absolute atomic E-state index is 10.5. The molecule has 2 unspecified atom stereocenters. The molecule has 0 bridgehead atoms. The Morgan fingerprint density at radius 2 is 2.58 bits per heavy atom. The van der Waals surface area contributed by atoms with Gasteiger partial charge in [-0.1, -0.05) is 0 Å². The van der Waals surface area contributed by atoms with Gasteiger partial charge in [-0.3, -0.25) is 14.8 Å². The molecule has 0 amide bonds. The van der Waals surface area contributed by atoms with E-state index < -0.39 is 11.0 Å². The highest BCUT2D eigenvalue weighted by Gasteiger charge is 2.16. The standard InChI is InChI=1S/C11H18N4O4/c16-10(5-12-6-11-2-1-3-19-11)8-14-7-9(4-13-14)15(17)18/h4,7,10-12,16H,1-3,5-6,8H2. The van der Waals surface area contributed by atoms with Gasteiger partial charge in [-0.2, -0.15) is 5.10 Å². The zero-order chi connectivity index (χ0) is 13.7. The fraction of sp³-hybridized carbons (Fsp3) is 0.727. The number of rotatable bonds is 7. The summed E-state index contributed by atoms with van der Waals surface area (Å²) in [5.74, 6) is 0. The van der Waals surface area contributed by atoms with Crippen molar-refractivity contribution in [2.75, 3.05) is 19.7 Å². The number of aliphatic hydroxyl groups is 1. The predicted molar refractivity (Wildman–Crippen MR) is 66.7 cm³/mol. The second-order valence-corrected chi connectivity index (χ2v) is 4.62. The third-order valence-electron chi connectivity index (χ3n) is 3.00. The minimum absolute atomic E-state index is 0.0699. The lowest BCUT2D eigenvalue weighted by Crippen LogP contribution is -2.35. The van der Waals surface area contributed by atoms with Gasteiger partial charge in [0.1, 0.15) is 12.4 Å². The smallest absolute Gasteiger partial charge is 0.306 e. The molecule has 0 aromatic carbocycles. The molecule has 2 heterocycles. The predicted octanol–water partition coefficient (Wildman–Crippen LogP) is -0.0792. The molecule has 0 saturated carbocycles. The van der Waals surface area contributed by atoms with E-state index in [9.17, 15) is 15.2 Å². The van der Waals surface area contributed by atoms with Gasteiger partial charge in [0.05, 0.1) is 23.7 Å². The van der Waals surface area contributed by atoms with E-state index in [0.717, 1.165) is 26.0 Å². The second kappa shape index (κ2) is 6.60. The van der Waals surface area contributed by atoms with Crippen molar-refractivity contribution in [1.29, 1.82) is 0 Å². The van der Waals surface area contributed by atoms with Gasteiger partial charge in [-0.05, 0) is 12.8 Å². The fourth-order valence-electron chi connectivity index (χ4n) is 2.04. The third-order valence-corrected chi connectivity index (χ3v) is 3.00. The van der Waals surface area contributed by atoms with Crippen molar-refractivity contribution in [3.8, 4) is 0 Å². The van der Waals surface area contributed by atoms with Crippen LogP contribution in [0.1, 0.15) is 12.8 Å². The Balaban J connectivity index is 1.67. The second-order valence-electron chi connectivity index (χ2n) is 4.62. The summed E-state index contributed by atoms with van der Waals surface area (Å²) in [5.41, 5.74) is -0.0699. The first-order chi connectivity index (χ1) is 9.15. The van der Waals surface area contributed by atoms with Gasteiger partial charge in [0.15, 0.2) is 0 Å². The van der Waals surface area contributed by atoms with Gasteiger partial charge >= 0.3 is 5.69 Å². The molecule has 1 aliphatic heterocycles. The Kier molecular flexibility index (Phi) is 4.83. The molecule has 1 aliphatic rings. The van der Waals surface area contributed by atoms with Crippen LogP contribution in [-0.2, 0) is 11.3 Å². The van der Waals surface area contributed by atoms with Crippen LogP contribution in [0.4, 0.5) is 5.69 Å². The van der Waals surface area contributed by atoms with Crippen LogP contribution in [-0.4, -0.2) is 51.7 Å². The summed E-state index contributed by atoms with van der Waals surface area (Å²) in [6.45, 7) is 2.17. The van der Waals surface area contributed by atoms with Crippen LogP contribution in [0.25, 0.3) is 0 Å². The Labute approximate surface area is 110 Å². The molecule has 0 aliphatic carbocycles. The van der Waals surface area contributed by atoms with Crippen molar-refractivity contribution < 1.29 is 14.8 Å². The summed E-state index contributed by atoms with van der Waals surface area (Å²) < 4.78 is 6.82. The molecule has 8 heteroatoms. The minimum Gasteiger partial charge on any atom is -0.390 e. The lowest BCUT2D eigenvalue weighted by Gasteiger charge is -2.14. The summed E-state index contributed by atoms with van der Waals surface area (Å²) in [6.07, 6.45) is 4.22. The van der Waals surface area contributed by atoms with Crippen LogP contribution in [0, 0.1) is 10.1 Å². The van der Waals surface area contributed by atoms with E-state index in [1.54, 1.807) is 0 Å². The summed E-state index contributed by atoms with van der Waals surface area (Å²) in [7, 11) is 0. The van der Waals surface area contributed by atoms with E-state index in [1.807, 2.05) is 0 Å². The highest BCUT2D eigenvalue weighted by molar-refractivity contribution is 5.20. The molecular weight excluding hydrogens is 252 g/mol. The molecule has 2 N–H and O–H groups in total. The maximum Gasteiger partial charge on any atom is 0.306 e. The van der Waals surface area contributed by atoms with Crippen LogP contribution < -0.4 is 5.32 Å². The van der Waals surface area contributed by atoms with Crippen molar-refractivity contribution in [3.05, 3.63) is 22.5 Å². The van der Waals surface area contributed by atoms with E-state index in [0.29, 0.717) is 6.54 Å². The number of hydrogen-bond donors (Lipinski definition) is 2. The molecule has 2 atom stereocenters. The van der Waals surface area contributed by atoms with Gasteiger partial charge < -0.3 is 15.2 Å². The number of aliphatic hydroxyl groups excluding tert-OH is 1. The first-order valence-electron chi connectivity index (χ1n) is 6.32. The Morgan fingerprint density at radius 1 is 1.74 bits per heavy atom. The van der Waals surface area contributed by atoms with Gasteiger partial charge in [0.2, 0.25) is 0 Å². The summed E-state index contributed by atoms with van der Waals surface area (Å²) in [6, 6.07) is 0. The molecule has 1 aromatic heterocycles.